The van der Waals surface area contributed by atoms with E-state index in [2.05, 4.69) is 4.99 Å². The lowest BCUT2D eigenvalue weighted by Crippen LogP contribution is -2.22. The molecule has 0 aromatic heterocycles. The molecule has 0 saturated carbocycles. The van der Waals surface area contributed by atoms with Gasteiger partial charge in [0.15, 0.2) is 0 Å². The van der Waals surface area contributed by atoms with E-state index < -0.39 is 0 Å². The number of anilines is 1. The predicted octanol–water partition coefficient (Wildman–Crippen LogP) is 4.73. The second-order valence-corrected chi connectivity index (χ2v) is 5.30. The largest absolute Gasteiger partial charge is 0.316 e. The standard InChI is InChI=1S/C16H14Cl2N2O/c1-11(21)20(2)13-8-6-12(7-9-13)19-10-14-15(17)4-3-5-16(14)18/h3-10H,1-2H3. The van der Waals surface area contributed by atoms with E-state index in [-0.39, 0.29) is 5.91 Å². The van der Waals surface area contributed by atoms with Crippen LogP contribution >= 0.6 is 23.2 Å². The van der Waals surface area contributed by atoms with E-state index in [4.69, 9.17) is 23.2 Å². The van der Waals surface area contributed by atoms with Gasteiger partial charge < -0.3 is 4.90 Å². The van der Waals surface area contributed by atoms with Crippen molar-refractivity contribution in [2.24, 2.45) is 4.99 Å². The topological polar surface area (TPSA) is 32.7 Å². The fourth-order valence-electron chi connectivity index (χ4n) is 1.72. The second-order valence-electron chi connectivity index (χ2n) is 4.49. The Labute approximate surface area is 133 Å². The summed E-state index contributed by atoms with van der Waals surface area (Å²) in [6, 6.07) is 12.6. The molecule has 5 heteroatoms. The number of aliphatic imine (C=N–C) groups is 1. The Hall–Kier alpha value is -1.84. The van der Waals surface area contributed by atoms with E-state index in [9.17, 15) is 4.79 Å². The summed E-state index contributed by atoms with van der Waals surface area (Å²) < 4.78 is 0. The van der Waals surface area contributed by atoms with Crippen molar-refractivity contribution in [2.75, 3.05) is 11.9 Å². The number of benzene rings is 2. The highest BCUT2D eigenvalue weighted by Crippen LogP contribution is 2.24. The van der Waals surface area contributed by atoms with Crippen molar-refractivity contribution in [3.63, 3.8) is 0 Å². The number of carbonyl (C=O) groups excluding carboxylic acids is 1. The van der Waals surface area contributed by atoms with Crippen molar-refractivity contribution in [2.45, 2.75) is 6.92 Å². The summed E-state index contributed by atoms with van der Waals surface area (Å²) in [5.41, 5.74) is 2.26. The van der Waals surface area contributed by atoms with Crippen LogP contribution in [0.3, 0.4) is 0 Å². The molecule has 1 amide bonds. The monoisotopic (exact) mass is 320 g/mol. The van der Waals surface area contributed by atoms with Gasteiger partial charge in [0.25, 0.3) is 0 Å². The molecule has 0 spiro atoms. The van der Waals surface area contributed by atoms with Gasteiger partial charge in [-0.1, -0.05) is 29.3 Å². The smallest absolute Gasteiger partial charge is 0.223 e. The summed E-state index contributed by atoms with van der Waals surface area (Å²) in [5, 5.41) is 1.11. The molecule has 0 aliphatic heterocycles. The van der Waals surface area contributed by atoms with Crippen molar-refractivity contribution in [3.8, 4) is 0 Å². The summed E-state index contributed by atoms with van der Waals surface area (Å²) in [6.45, 7) is 1.52. The zero-order valence-electron chi connectivity index (χ0n) is 11.7. The van der Waals surface area contributed by atoms with Crippen LogP contribution in [0, 0.1) is 0 Å². The van der Waals surface area contributed by atoms with Crippen molar-refractivity contribution >= 4 is 46.7 Å². The van der Waals surface area contributed by atoms with Crippen LogP contribution in [-0.2, 0) is 4.79 Å². The normalized spacial score (nSPS) is 10.9. The highest BCUT2D eigenvalue weighted by atomic mass is 35.5. The Balaban J connectivity index is 2.21. The SMILES string of the molecule is CC(=O)N(C)c1ccc(N=Cc2c(Cl)cccc2Cl)cc1. The van der Waals surface area contributed by atoms with Gasteiger partial charge in [0.2, 0.25) is 5.91 Å². The van der Waals surface area contributed by atoms with Crippen LogP contribution in [0.15, 0.2) is 47.5 Å². The maximum absolute atomic E-state index is 11.3. The molecule has 0 aliphatic carbocycles. The number of carbonyl (C=O) groups is 1. The zero-order valence-corrected chi connectivity index (χ0v) is 13.2. The van der Waals surface area contributed by atoms with Gasteiger partial charge in [-0.2, -0.15) is 0 Å². The third-order valence-corrected chi connectivity index (χ3v) is 3.71. The molecule has 0 saturated heterocycles. The molecule has 0 bridgehead atoms. The number of rotatable bonds is 3. The zero-order chi connectivity index (χ0) is 15.4. The average Bonchev–Trinajstić information content (AvgIpc) is 2.46. The fraction of sp³-hybridized carbons (Fsp3) is 0.125. The van der Waals surface area contributed by atoms with E-state index in [1.54, 1.807) is 36.4 Å². The minimum absolute atomic E-state index is 0.0194. The molecule has 0 aliphatic rings. The van der Waals surface area contributed by atoms with Crippen LogP contribution in [0.5, 0.6) is 0 Å². The maximum atomic E-state index is 11.3. The molecule has 2 aromatic carbocycles. The van der Waals surface area contributed by atoms with Gasteiger partial charge in [-0.25, -0.2) is 0 Å². The maximum Gasteiger partial charge on any atom is 0.223 e. The van der Waals surface area contributed by atoms with Gasteiger partial charge >= 0.3 is 0 Å². The highest BCUT2D eigenvalue weighted by Gasteiger charge is 2.05. The molecule has 3 nitrogen and oxygen atoms in total. The first-order valence-corrected chi connectivity index (χ1v) is 7.07. The van der Waals surface area contributed by atoms with Gasteiger partial charge in [0, 0.05) is 31.4 Å². The van der Waals surface area contributed by atoms with Crippen molar-refractivity contribution in [1.29, 1.82) is 0 Å². The van der Waals surface area contributed by atoms with Crippen molar-refractivity contribution in [3.05, 3.63) is 58.1 Å². The van der Waals surface area contributed by atoms with Gasteiger partial charge in [-0.05, 0) is 36.4 Å². The Kier molecular flexibility index (Phi) is 4.99. The molecule has 0 unspecified atom stereocenters. The van der Waals surface area contributed by atoms with Crippen LogP contribution in [0.4, 0.5) is 11.4 Å². The molecule has 0 atom stereocenters. The molecular formula is C16H14Cl2N2O. The van der Waals surface area contributed by atoms with E-state index >= 15 is 0 Å². The first kappa shape index (κ1) is 15.5. The number of hydrogen-bond acceptors (Lipinski definition) is 2. The lowest BCUT2D eigenvalue weighted by molar-refractivity contribution is -0.116. The van der Waals surface area contributed by atoms with E-state index in [1.165, 1.54) is 6.92 Å². The van der Waals surface area contributed by atoms with Crippen LogP contribution in [0.1, 0.15) is 12.5 Å². The van der Waals surface area contributed by atoms with E-state index in [0.29, 0.717) is 15.6 Å². The van der Waals surface area contributed by atoms with Crippen molar-refractivity contribution < 1.29 is 4.79 Å². The van der Waals surface area contributed by atoms with Gasteiger partial charge in [-0.15, -0.1) is 0 Å². The average molecular weight is 321 g/mol. The second kappa shape index (κ2) is 6.74. The fourth-order valence-corrected chi connectivity index (χ4v) is 2.21. The highest BCUT2D eigenvalue weighted by molar-refractivity contribution is 6.38. The molecular weight excluding hydrogens is 307 g/mol. The lowest BCUT2D eigenvalue weighted by Gasteiger charge is -2.14. The first-order valence-electron chi connectivity index (χ1n) is 6.31. The lowest BCUT2D eigenvalue weighted by atomic mass is 10.2. The molecule has 0 radical (unpaired) electrons. The van der Waals surface area contributed by atoms with E-state index in [1.807, 2.05) is 24.3 Å². The molecule has 0 heterocycles. The minimum atomic E-state index is -0.0194. The van der Waals surface area contributed by atoms with Crippen LogP contribution < -0.4 is 4.90 Å². The summed E-state index contributed by atoms with van der Waals surface area (Å²) >= 11 is 12.2. The summed E-state index contributed by atoms with van der Waals surface area (Å²) in [6.07, 6.45) is 1.63. The quantitative estimate of drug-likeness (QED) is 0.753. The van der Waals surface area contributed by atoms with E-state index in [0.717, 1.165) is 11.4 Å². The summed E-state index contributed by atoms with van der Waals surface area (Å²) in [7, 11) is 1.73. The number of amides is 1. The third kappa shape index (κ3) is 3.84. The molecule has 0 fully saturated rings. The van der Waals surface area contributed by atoms with Crippen LogP contribution in [0.25, 0.3) is 0 Å². The van der Waals surface area contributed by atoms with Crippen LogP contribution in [-0.4, -0.2) is 19.2 Å². The molecule has 108 valence electrons. The number of nitrogens with zero attached hydrogens (tertiary/aromatic N) is 2. The summed E-state index contributed by atoms with van der Waals surface area (Å²) in [4.78, 5) is 17.2. The van der Waals surface area contributed by atoms with Gasteiger partial charge in [-0.3, -0.25) is 9.79 Å². The van der Waals surface area contributed by atoms with Crippen LogP contribution in [0.2, 0.25) is 10.0 Å². The Morgan fingerprint density at radius 2 is 1.67 bits per heavy atom. The minimum Gasteiger partial charge on any atom is -0.316 e. The van der Waals surface area contributed by atoms with Gasteiger partial charge in [0.1, 0.15) is 0 Å². The molecule has 0 N–H and O–H groups in total. The number of hydrogen-bond donors (Lipinski definition) is 0. The molecule has 21 heavy (non-hydrogen) atoms. The Morgan fingerprint density at radius 3 is 2.19 bits per heavy atom. The third-order valence-electron chi connectivity index (χ3n) is 3.05. The summed E-state index contributed by atoms with van der Waals surface area (Å²) in [5.74, 6) is -0.0194. The number of halogens is 2. The van der Waals surface area contributed by atoms with Crippen molar-refractivity contribution in [1.82, 2.24) is 0 Å². The molecule has 2 aromatic rings. The molecule has 2 rings (SSSR count). The first-order chi connectivity index (χ1) is 9.99. The Bertz CT molecular complexity index is 661. The van der Waals surface area contributed by atoms with Gasteiger partial charge in [0.05, 0.1) is 15.7 Å². The Morgan fingerprint density at radius 1 is 1.10 bits per heavy atom. The predicted molar refractivity (Wildman–Crippen MR) is 89.2 cm³/mol.